The van der Waals surface area contributed by atoms with Gasteiger partial charge in [-0.05, 0) is 38.0 Å². The first-order valence-corrected chi connectivity index (χ1v) is 9.41. The lowest BCUT2D eigenvalue weighted by Crippen LogP contribution is -2.20. The quantitative estimate of drug-likeness (QED) is 0.567. The van der Waals surface area contributed by atoms with Crippen LogP contribution in [0.1, 0.15) is 31.4 Å². The minimum absolute atomic E-state index is 0.00542. The lowest BCUT2D eigenvalue weighted by atomic mass is 10.1. The van der Waals surface area contributed by atoms with E-state index < -0.39 is 5.82 Å². The Hall–Kier alpha value is -3.29. The zero-order valence-electron chi connectivity index (χ0n) is 15.4. The van der Waals surface area contributed by atoms with Gasteiger partial charge in [-0.25, -0.2) is 13.9 Å². The molecule has 0 saturated heterocycles. The van der Waals surface area contributed by atoms with Crippen LogP contribution in [0, 0.1) is 18.7 Å². The van der Waals surface area contributed by atoms with Crippen molar-refractivity contribution in [3.8, 4) is 11.3 Å². The number of hydrogen-bond acceptors (Lipinski definition) is 4. The van der Waals surface area contributed by atoms with E-state index in [9.17, 15) is 9.18 Å². The Bertz CT molecular complexity index is 1200. The van der Waals surface area contributed by atoms with Crippen LogP contribution in [0.4, 0.5) is 10.2 Å². The van der Waals surface area contributed by atoms with Gasteiger partial charge in [-0.3, -0.25) is 9.89 Å². The van der Waals surface area contributed by atoms with Crippen molar-refractivity contribution in [1.29, 1.82) is 0 Å². The Kier molecular flexibility index (Phi) is 3.85. The van der Waals surface area contributed by atoms with Crippen molar-refractivity contribution in [3.05, 3.63) is 42.0 Å². The average Bonchev–Trinajstić information content (AvgIpc) is 3.42. The van der Waals surface area contributed by atoms with Crippen molar-refractivity contribution in [2.45, 2.75) is 32.6 Å². The van der Waals surface area contributed by atoms with Crippen molar-refractivity contribution < 1.29 is 9.18 Å². The molecule has 0 unspecified atom stereocenters. The molecule has 5 rings (SSSR count). The molecule has 0 spiro atoms. The Morgan fingerprint density at radius 2 is 2.14 bits per heavy atom. The summed E-state index contributed by atoms with van der Waals surface area (Å²) in [7, 11) is 0. The van der Waals surface area contributed by atoms with E-state index in [-0.39, 0.29) is 17.5 Å². The third-order valence-electron chi connectivity index (χ3n) is 5.46. The van der Waals surface area contributed by atoms with E-state index in [0.29, 0.717) is 22.4 Å². The molecule has 8 heteroatoms. The summed E-state index contributed by atoms with van der Waals surface area (Å²) in [6.07, 6.45) is 5.52. The van der Waals surface area contributed by atoms with Gasteiger partial charge in [0.1, 0.15) is 5.69 Å². The zero-order valence-corrected chi connectivity index (χ0v) is 15.4. The minimum atomic E-state index is -0.485. The van der Waals surface area contributed by atoms with Crippen molar-refractivity contribution in [1.82, 2.24) is 24.8 Å². The largest absolute Gasteiger partial charge is 0.308 e. The van der Waals surface area contributed by atoms with Gasteiger partial charge in [-0.2, -0.15) is 10.2 Å². The molecule has 4 heterocycles. The molecule has 0 bridgehead atoms. The van der Waals surface area contributed by atoms with Crippen LogP contribution in [0.2, 0.25) is 0 Å². The molecule has 1 aliphatic rings. The van der Waals surface area contributed by atoms with E-state index in [1.165, 1.54) is 6.07 Å². The summed E-state index contributed by atoms with van der Waals surface area (Å²) in [6, 6.07) is 7.08. The highest BCUT2D eigenvalue weighted by atomic mass is 19.1. The topological polar surface area (TPSA) is 88.0 Å². The SMILES string of the molecule is Cc1cccc2c(-c3nc4[nH]nc(NC(=O)C5CCCC5)c4cc3F)cnn12. The lowest BCUT2D eigenvalue weighted by molar-refractivity contribution is -0.119. The lowest BCUT2D eigenvalue weighted by Gasteiger charge is -2.08. The smallest absolute Gasteiger partial charge is 0.228 e. The molecule has 28 heavy (non-hydrogen) atoms. The van der Waals surface area contributed by atoms with Crippen LogP contribution in [-0.2, 0) is 4.79 Å². The molecule has 4 aromatic heterocycles. The molecule has 4 aromatic rings. The summed E-state index contributed by atoms with van der Waals surface area (Å²) < 4.78 is 16.7. The van der Waals surface area contributed by atoms with Crippen LogP contribution in [-0.4, -0.2) is 30.7 Å². The third kappa shape index (κ3) is 2.64. The highest BCUT2D eigenvalue weighted by Crippen LogP contribution is 2.31. The van der Waals surface area contributed by atoms with Crippen molar-refractivity contribution in [2.24, 2.45) is 5.92 Å². The molecular formula is C20H19FN6O. The van der Waals surface area contributed by atoms with E-state index in [1.807, 2.05) is 25.1 Å². The number of nitrogens with one attached hydrogen (secondary N) is 2. The average molecular weight is 378 g/mol. The summed E-state index contributed by atoms with van der Waals surface area (Å²) in [6.45, 7) is 1.94. The highest BCUT2D eigenvalue weighted by Gasteiger charge is 2.24. The summed E-state index contributed by atoms with van der Waals surface area (Å²) in [4.78, 5) is 16.8. The first-order chi connectivity index (χ1) is 13.6. The molecule has 2 N–H and O–H groups in total. The predicted octanol–water partition coefficient (Wildman–Crippen LogP) is 3.85. The fourth-order valence-corrected chi connectivity index (χ4v) is 3.95. The Morgan fingerprint density at radius 3 is 2.96 bits per heavy atom. The predicted molar refractivity (Wildman–Crippen MR) is 103 cm³/mol. The summed E-state index contributed by atoms with van der Waals surface area (Å²) in [5.41, 5.74) is 2.95. The fraction of sp³-hybridized carbons (Fsp3) is 0.300. The van der Waals surface area contributed by atoms with Gasteiger partial charge in [0.25, 0.3) is 0 Å². The second kappa shape index (κ2) is 6.40. The normalized spacial score (nSPS) is 14.9. The van der Waals surface area contributed by atoms with Crippen LogP contribution in [0.15, 0.2) is 30.5 Å². The number of fused-ring (bicyclic) bond motifs is 2. The van der Waals surface area contributed by atoms with Gasteiger partial charge in [0.15, 0.2) is 17.3 Å². The number of rotatable bonds is 3. The molecule has 142 valence electrons. The van der Waals surface area contributed by atoms with E-state index in [1.54, 1.807) is 10.7 Å². The van der Waals surface area contributed by atoms with E-state index in [2.05, 4.69) is 25.6 Å². The van der Waals surface area contributed by atoms with Gasteiger partial charge in [-0.1, -0.05) is 18.9 Å². The highest BCUT2D eigenvalue weighted by molar-refractivity contribution is 6.00. The maximum atomic E-state index is 15.0. The van der Waals surface area contributed by atoms with E-state index in [0.717, 1.165) is 36.9 Å². The number of aromatic nitrogens is 5. The maximum absolute atomic E-state index is 15.0. The Balaban J connectivity index is 1.54. The molecular weight excluding hydrogens is 359 g/mol. The van der Waals surface area contributed by atoms with Gasteiger partial charge >= 0.3 is 0 Å². The van der Waals surface area contributed by atoms with Crippen LogP contribution < -0.4 is 5.32 Å². The second-order valence-electron chi connectivity index (χ2n) is 7.28. The number of anilines is 1. The van der Waals surface area contributed by atoms with Gasteiger partial charge < -0.3 is 5.32 Å². The maximum Gasteiger partial charge on any atom is 0.228 e. The van der Waals surface area contributed by atoms with Crippen LogP contribution in [0.5, 0.6) is 0 Å². The summed E-state index contributed by atoms with van der Waals surface area (Å²) in [5.74, 6) is -0.221. The van der Waals surface area contributed by atoms with Crippen LogP contribution >= 0.6 is 0 Å². The second-order valence-corrected chi connectivity index (χ2v) is 7.28. The first-order valence-electron chi connectivity index (χ1n) is 9.41. The molecule has 0 aliphatic heterocycles. The molecule has 1 amide bonds. The number of aromatic amines is 1. The number of carbonyl (C=O) groups is 1. The van der Waals surface area contributed by atoms with Gasteiger partial charge in [0.05, 0.1) is 17.1 Å². The first kappa shape index (κ1) is 16.9. The molecule has 0 radical (unpaired) electrons. The number of aryl methyl sites for hydroxylation is 1. The van der Waals surface area contributed by atoms with Crippen LogP contribution in [0.3, 0.4) is 0 Å². The Labute approximate surface area is 160 Å². The van der Waals surface area contributed by atoms with E-state index in [4.69, 9.17) is 0 Å². The number of H-pyrrole nitrogens is 1. The third-order valence-corrected chi connectivity index (χ3v) is 5.46. The van der Waals surface area contributed by atoms with Crippen molar-refractivity contribution in [3.63, 3.8) is 0 Å². The van der Waals surface area contributed by atoms with E-state index >= 15 is 0 Å². The van der Waals surface area contributed by atoms with Crippen molar-refractivity contribution >= 4 is 28.3 Å². The minimum Gasteiger partial charge on any atom is -0.308 e. The number of pyridine rings is 2. The molecule has 1 saturated carbocycles. The zero-order chi connectivity index (χ0) is 19.3. The summed E-state index contributed by atoms with van der Waals surface area (Å²) in [5, 5.41) is 14.6. The van der Waals surface area contributed by atoms with Gasteiger partial charge in [-0.15, -0.1) is 0 Å². The van der Waals surface area contributed by atoms with Crippen molar-refractivity contribution in [2.75, 3.05) is 5.32 Å². The standard InChI is InChI=1S/C20H19FN6O/c1-11-5-4-8-16-14(10-22-27(11)16)17-15(21)9-13-18(23-17)25-26-19(13)24-20(28)12-6-2-3-7-12/h4-5,8-10,12H,2-3,6-7H2,1H3,(H2,23,24,25,26,28). The van der Waals surface area contributed by atoms with Crippen LogP contribution in [0.25, 0.3) is 27.8 Å². The Morgan fingerprint density at radius 1 is 1.32 bits per heavy atom. The monoisotopic (exact) mass is 378 g/mol. The molecule has 7 nitrogen and oxygen atoms in total. The summed E-state index contributed by atoms with van der Waals surface area (Å²) >= 11 is 0. The number of halogens is 1. The van der Waals surface area contributed by atoms with Gasteiger partial charge in [0.2, 0.25) is 5.91 Å². The molecule has 0 aromatic carbocycles. The number of carbonyl (C=O) groups excluding carboxylic acids is 1. The molecule has 1 fully saturated rings. The van der Waals surface area contributed by atoms with Gasteiger partial charge in [0, 0.05) is 17.2 Å². The number of amides is 1. The molecule has 0 atom stereocenters. The molecule has 1 aliphatic carbocycles. The number of nitrogens with zero attached hydrogens (tertiary/aromatic N) is 4. The fourth-order valence-electron chi connectivity index (χ4n) is 3.95. The number of hydrogen-bond donors (Lipinski definition) is 2.